The van der Waals surface area contributed by atoms with E-state index in [1.165, 1.54) is 4.90 Å². The molecule has 0 aliphatic carbocycles. The van der Waals surface area contributed by atoms with Gasteiger partial charge in [0, 0.05) is 25.8 Å². The van der Waals surface area contributed by atoms with Crippen LogP contribution in [-0.4, -0.2) is 75.8 Å². The summed E-state index contributed by atoms with van der Waals surface area (Å²) in [6.07, 6.45) is 4.17. The van der Waals surface area contributed by atoms with Gasteiger partial charge >= 0.3 is 0 Å². The molecule has 3 aromatic rings. The fraction of sp³-hybridized carbons (Fsp3) is 0.419. The van der Waals surface area contributed by atoms with Crippen molar-refractivity contribution in [2.24, 2.45) is 0 Å². The number of carbonyl (C=O) groups is 2. The first-order chi connectivity index (χ1) is 19.5. The number of benzene rings is 2. The van der Waals surface area contributed by atoms with Crippen molar-refractivity contribution in [1.82, 2.24) is 9.80 Å². The van der Waals surface area contributed by atoms with E-state index in [1.807, 2.05) is 24.3 Å². The minimum Gasteiger partial charge on any atom is -0.494 e. The minimum atomic E-state index is -0.247. The van der Waals surface area contributed by atoms with Gasteiger partial charge in [0.2, 0.25) is 5.91 Å². The highest BCUT2D eigenvalue weighted by Crippen LogP contribution is 2.28. The molecule has 0 atom stereocenters. The maximum atomic E-state index is 13.6. The van der Waals surface area contributed by atoms with E-state index in [2.05, 4.69) is 6.92 Å². The highest BCUT2D eigenvalue weighted by Gasteiger charge is 2.23. The number of methoxy groups -OCH3 is 3. The molecule has 0 radical (unpaired) electrons. The van der Waals surface area contributed by atoms with Gasteiger partial charge < -0.3 is 33.2 Å². The lowest BCUT2D eigenvalue weighted by molar-refractivity contribution is -0.132. The van der Waals surface area contributed by atoms with Crippen molar-refractivity contribution in [1.29, 1.82) is 0 Å². The maximum Gasteiger partial charge on any atom is 0.254 e. The number of amides is 2. The first-order valence-corrected chi connectivity index (χ1v) is 13.5. The summed E-state index contributed by atoms with van der Waals surface area (Å²) in [6.45, 7) is 3.94. The van der Waals surface area contributed by atoms with Crippen LogP contribution in [0.4, 0.5) is 0 Å². The fourth-order valence-electron chi connectivity index (χ4n) is 4.11. The summed E-state index contributed by atoms with van der Waals surface area (Å²) in [4.78, 5) is 30.3. The van der Waals surface area contributed by atoms with Crippen LogP contribution in [0.2, 0.25) is 0 Å². The van der Waals surface area contributed by atoms with Crippen molar-refractivity contribution in [3.63, 3.8) is 0 Å². The summed E-state index contributed by atoms with van der Waals surface area (Å²) in [6, 6.07) is 16.3. The Balaban J connectivity index is 1.73. The van der Waals surface area contributed by atoms with Gasteiger partial charge in [0.05, 0.1) is 40.2 Å². The Hall–Kier alpha value is -3.98. The van der Waals surface area contributed by atoms with Gasteiger partial charge in [0.1, 0.15) is 18.1 Å². The van der Waals surface area contributed by atoms with E-state index in [9.17, 15) is 9.59 Å². The van der Waals surface area contributed by atoms with Gasteiger partial charge in [-0.25, -0.2) is 0 Å². The third-order valence-electron chi connectivity index (χ3n) is 6.44. The van der Waals surface area contributed by atoms with Crippen LogP contribution in [0, 0.1) is 0 Å². The molecule has 3 rings (SSSR count). The quantitative estimate of drug-likeness (QED) is 0.222. The molecule has 0 aliphatic rings. The molecule has 0 aliphatic heterocycles. The van der Waals surface area contributed by atoms with Gasteiger partial charge in [-0.2, -0.15) is 0 Å². The molecule has 0 spiro atoms. The average molecular weight is 553 g/mol. The lowest BCUT2D eigenvalue weighted by Crippen LogP contribution is -2.44. The highest BCUT2D eigenvalue weighted by atomic mass is 16.5. The van der Waals surface area contributed by atoms with Crippen LogP contribution in [0.5, 0.6) is 17.2 Å². The summed E-state index contributed by atoms with van der Waals surface area (Å²) in [5.74, 6) is 2.20. The van der Waals surface area contributed by atoms with Gasteiger partial charge in [-0.15, -0.1) is 0 Å². The van der Waals surface area contributed by atoms with E-state index in [4.69, 9.17) is 23.4 Å². The molecule has 1 aromatic heterocycles. The van der Waals surface area contributed by atoms with Gasteiger partial charge in [0.25, 0.3) is 5.91 Å². The molecule has 0 N–H and O–H groups in total. The van der Waals surface area contributed by atoms with Crippen molar-refractivity contribution < 1.29 is 33.0 Å². The topological polar surface area (TPSA) is 90.7 Å². The van der Waals surface area contributed by atoms with Crippen LogP contribution >= 0.6 is 0 Å². The van der Waals surface area contributed by atoms with Gasteiger partial charge in [-0.05, 0) is 66.9 Å². The molecule has 0 saturated carbocycles. The predicted octanol–water partition coefficient (Wildman–Crippen LogP) is 4.84. The molecule has 1 heterocycles. The van der Waals surface area contributed by atoms with E-state index < -0.39 is 0 Å². The van der Waals surface area contributed by atoms with Crippen LogP contribution in [-0.2, 0) is 22.5 Å². The van der Waals surface area contributed by atoms with Crippen molar-refractivity contribution >= 4 is 11.8 Å². The summed E-state index contributed by atoms with van der Waals surface area (Å²) in [5, 5.41) is 0. The number of nitrogens with zero attached hydrogens (tertiary/aromatic N) is 2. The third-order valence-corrected chi connectivity index (χ3v) is 6.44. The normalized spacial score (nSPS) is 10.7. The second-order valence-electron chi connectivity index (χ2n) is 9.28. The van der Waals surface area contributed by atoms with Crippen LogP contribution in [0.3, 0.4) is 0 Å². The summed E-state index contributed by atoms with van der Waals surface area (Å²) < 4.78 is 27.2. The van der Waals surface area contributed by atoms with Crippen LogP contribution < -0.4 is 14.2 Å². The number of hydrogen-bond acceptors (Lipinski definition) is 7. The number of hydrogen-bond donors (Lipinski definition) is 0. The monoisotopic (exact) mass is 552 g/mol. The molecule has 0 fully saturated rings. The second-order valence-corrected chi connectivity index (χ2v) is 9.28. The SMILES string of the molecule is CCCCOc1ccc(C(=O)N(CCOC)CC(=O)N(CCc2ccc(OC)c(OC)c2)Cc2ccco2)cc1. The lowest BCUT2D eigenvalue weighted by atomic mass is 10.1. The molecular weight excluding hydrogens is 512 g/mol. The Morgan fingerprint density at radius 1 is 0.875 bits per heavy atom. The van der Waals surface area contributed by atoms with Crippen molar-refractivity contribution in [2.75, 3.05) is 54.2 Å². The Kier molecular flexibility index (Phi) is 12.4. The minimum absolute atomic E-state index is 0.0937. The van der Waals surface area contributed by atoms with Gasteiger partial charge in [-0.3, -0.25) is 9.59 Å². The molecule has 0 unspecified atom stereocenters. The van der Waals surface area contributed by atoms with E-state index >= 15 is 0 Å². The number of carbonyl (C=O) groups excluding carboxylic acids is 2. The van der Waals surface area contributed by atoms with Crippen molar-refractivity contribution in [3.8, 4) is 17.2 Å². The zero-order chi connectivity index (χ0) is 28.7. The third kappa shape index (κ3) is 9.05. The van der Waals surface area contributed by atoms with Crippen molar-refractivity contribution in [3.05, 3.63) is 77.7 Å². The number of furan rings is 1. The zero-order valence-electron chi connectivity index (χ0n) is 23.9. The van der Waals surface area contributed by atoms with Crippen molar-refractivity contribution in [2.45, 2.75) is 32.7 Å². The number of ether oxygens (including phenoxy) is 4. The second kappa shape index (κ2) is 16.2. The molecule has 40 heavy (non-hydrogen) atoms. The molecule has 9 nitrogen and oxygen atoms in total. The fourth-order valence-corrected chi connectivity index (χ4v) is 4.11. The summed E-state index contributed by atoms with van der Waals surface area (Å²) in [5.41, 5.74) is 1.47. The standard InChI is InChI=1S/C31H40N2O7/c1-5-6-18-39-26-12-10-25(11-13-26)31(35)33(17-20-36-2)23-30(34)32(22-27-8-7-19-40-27)16-15-24-9-14-28(37-3)29(21-24)38-4/h7-14,19,21H,5-6,15-18,20,22-23H2,1-4H3. The largest absolute Gasteiger partial charge is 0.494 e. The zero-order valence-corrected chi connectivity index (χ0v) is 23.9. The smallest absolute Gasteiger partial charge is 0.254 e. The van der Waals surface area contributed by atoms with Crippen LogP contribution in [0.15, 0.2) is 65.3 Å². The van der Waals surface area contributed by atoms with E-state index in [-0.39, 0.29) is 31.4 Å². The van der Waals surface area contributed by atoms with E-state index in [0.717, 1.165) is 18.4 Å². The first kappa shape index (κ1) is 30.6. The lowest BCUT2D eigenvalue weighted by Gasteiger charge is -2.27. The van der Waals surface area contributed by atoms with Crippen LogP contribution in [0.1, 0.15) is 41.4 Å². The molecule has 216 valence electrons. The van der Waals surface area contributed by atoms with E-state index in [1.54, 1.807) is 62.8 Å². The summed E-state index contributed by atoms with van der Waals surface area (Å²) in [7, 11) is 4.75. The Labute approximate surface area is 236 Å². The molecule has 2 amide bonds. The van der Waals surface area contributed by atoms with Gasteiger partial charge in [0.15, 0.2) is 11.5 Å². The maximum absolute atomic E-state index is 13.6. The highest BCUT2D eigenvalue weighted by molar-refractivity contribution is 5.96. The molecule has 0 saturated heterocycles. The van der Waals surface area contributed by atoms with E-state index in [0.29, 0.717) is 54.8 Å². The Bertz CT molecular complexity index is 1180. The molecule has 0 bridgehead atoms. The Morgan fingerprint density at radius 2 is 1.65 bits per heavy atom. The van der Waals surface area contributed by atoms with Crippen LogP contribution in [0.25, 0.3) is 0 Å². The number of rotatable bonds is 17. The average Bonchev–Trinajstić information content (AvgIpc) is 3.50. The molecule has 2 aromatic carbocycles. The molecular formula is C31H40N2O7. The summed E-state index contributed by atoms with van der Waals surface area (Å²) >= 11 is 0. The first-order valence-electron chi connectivity index (χ1n) is 13.5. The molecule has 9 heteroatoms. The van der Waals surface area contributed by atoms with Gasteiger partial charge in [-0.1, -0.05) is 19.4 Å². The predicted molar refractivity (Wildman–Crippen MR) is 152 cm³/mol. The Morgan fingerprint density at radius 3 is 2.30 bits per heavy atom. The number of unbranched alkanes of at least 4 members (excludes halogenated alkanes) is 1.